The fourth-order valence-corrected chi connectivity index (χ4v) is 2.30. The number of rotatable bonds is 7. The molecule has 4 heteroatoms. The van der Waals surface area contributed by atoms with Gasteiger partial charge in [0.15, 0.2) is 0 Å². The van der Waals surface area contributed by atoms with Gasteiger partial charge in [0, 0.05) is 18.9 Å². The Kier molecular flexibility index (Phi) is 5.12. The monoisotopic (exact) mass is 258 g/mol. The maximum absolute atomic E-state index is 5.69. The van der Waals surface area contributed by atoms with E-state index in [0.29, 0.717) is 0 Å². The smallest absolute Gasteiger partial charge is 0.127 e. The van der Waals surface area contributed by atoms with E-state index in [0.717, 1.165) is 31.6 Å². The molecule has 0 aliphatic carbocycles. The van der Waals surface area contributed by atoms with Crippen LogP contribution in [-0.2, 0) is 13.0 Å². The van der Waals surface area contributed by atoms with Gasteiger partial charge in [0.05, 0.1) is 6.04 Å². The van der Waals surface area contributed by atoms with Crippen molar-refractivity contribution in [2.24, 2.45) is 5.84 Å². The number of nitrogens with zero attached hydrogens (tertiary/aromatic N) is 2. The molecule has 0 saturated carbocycles. The van der Waals surface area contributed by atoms with Crippen molar-refractivity contribution in [3.8, 4) is 0 Å². The molecule has 0 aliphatic heterocycles. The second-order valence-electron chi connectivity index (χ2n) is 4.72. The van der Waals surface area contributed by atoms with Crippen molar-refractivity contribution < 1.29 is 0 Å². The van der Waals surface area contributed by atoms with Gasteiger partial charge in [0.1, 0.15) is 5.82 Å². The molecule has 0 bridgehead atoms. The van der Waals surface area contributed by atoms with E-state index in [1.807, 2.05) is 18.5 Å². The topological polar surface area (TPSA) is 55.9 Å². The fraction of sp³-hybridized carbons (Fsp3) is 0.400. The quantitative estimate of drug-likeness (QED) is 0.592. The Hall–Kier alpha value is -1.65. The minimum Gasteiger partial charge on any atom is -0.334 e. The number of nitrogens with two attached hydrogens (primary N) is 1. The molecule has 102 valence electrons. The summed E-state index contributed by atoms with van der Waals surface area (Å²) in [6, 6.07) is 10.6. The average Bonchev–Trinajstić information content (AvgIpc) is 2.90. The van der Waals surface area contributed by atoms with Gasteiger partial charge in [-0.05, 0) is 24.8 Å². The summed E-state index contributed by atoms with van der Waals surface area (Å²) in [5.74, 6) is 6.72. The lowest BCUT2D eigenvalue weighted by Crippen LogP contribution is -2.30. The normalized spacial score (nSPS) is 12.5. The van der Waals surface area contributed by atoms with Crippen LogP contribution in [0.2, 0.25) is 0 Å². The summed E-state index contributed by atoms with van der Waals surface area (Å²) in [4.78, 5) is 4.44. The molecule has 1 aromatic carbocycles. The summed E-state index contributed by atoms with van der Waals surface area (Å²) < 4.78 is 2.18. The van der Waals surface area contributed by atoms with Gasteiger partial charge in [0.25, 0.3) is 0 Å². The zero-order valence-corrected chi connectivity index (χ0v) is 11.4. The van der Waals surface area contributed by atoms with E-state index in [4.69, 9.17) is 5.84 Å². The van der Waals surface area contributed by atoms with Crippen molar-refractivity contribution in [2.75, 3.05) is 0 Å². The molecule has 0 radical (unpaired) electrons. The Morgan fingerprint density at radius 3 is 2.79 bits per heavy atom. The van der Waals surface area contributed by atoms with Crippen molar-refractivity contribution >= 4 is 0 Å². The summed E-state index contributed by atoms with van der Waals surface area (Å²) in [6.07, 6.45) is 6.90. The summed E-state index contributed by atoms with van der Waals surface area (Å²) in [5.41, 5.74) is 4.22. The van der Waals surface area contributed by atoms with Gasteiger partial charge >= 0.3 is 0 Å². The lowest BCUT2D eigenvalue weighted by molar-refractivity contribution is 0.463. The van der Waals surface area contributed by atoms with E-state index in [1.165, 1.54) is 5.56 Å². The van der Waals surface area contributed by atoms with Gasteiger partial charge in [-0.2, -0.15) is 0 Å². The van der Waals surface area contributed by atoms with Crippen LogP contribution in [0.1, 0.15) is 37.2 Å². The second-order valence-corrected chi connectivity index (χ2v) is 4.72. The summed E-state index contributed by atoms with van der Waals surface area (Å²) in [7, 11) is 0. The maximum atomic E-state index is 5.69. The zero-order chi connectivity index (χ0) is 13.5. The van der Waals surface area contributed by atoms with Gasteiger partial charge in [-0.25, -0.2) is 10.4 Å². The van der Waals surface area contributed by atoms with Crippen LogP contribution in [0.3, 0.4) is 0 Å². The first-order valence-corrected chi connectivity index (χ1v) is 6.86. The molecule has 2 rings (SSSR count). The van der Waals surface area contributed by atoms with Gasteiger partial charge in [-0.1, -0.05) is 37.3 Å². The Bertz CT molecular complexity index is 478. The highest BCUT2D eigenvalue weighted by Gasteiger charge is 2.15. The molecular formula is C15H22N4. The minimum absolute atomic E-state index is 0.0988. The highest BCUT2D eigenvalue weighted by molar-refractivity contribution is 5.15. The van der Waals surface area contributed by atoms with Crippen molar-refractivity contribution in [1.29, 1.82) is 0 Å². The Balaban J connectivity index is 2.01. The summed E-state index contributed by atoms with van der Waals surface area (Å²) in [6.45, 7) is 3.15. The van der Waals surface area contributed by atoms with E-state index >= 15 is 0 Å². The number of imidazole rings is 1. The Morgan fingerprint density at radius 2 is 2.11 bits per heavy atom. The molecule has 1 aromatic heterocycles. The first-order chi connectivity index (χ1) is 9.35. The van der Waals surface area contributed by atoms with Gasteiger partial charge < -0.3 is 4.57 Å². The molecule has 0 spiro atoms. The predicted molar refractivity (Wildman–Crippen MR) is 77.3 cm³/mol. The van der Waals surface area contributed by atoms with Crippen LogP contribution >= 0.6 is 0 Å². The van der Waals surface area contributed by atoms with Crippen LogP contribution in [-0.4, -0.2) is 9.55 Å². The largest absolute Gasteiger partial charge is 0.334 e. The molecule has 1 unspecified atom stereocenters. The molecule has 3 N–H and O–H groups in total. The first kappa shape index (κ1) is 13.8. The van der Waals surface area contributed by atoms with Crippen LogP contribution in [0.4, 0.5) is 0 Å². The SMILES string of the molecule is CCCn1ccnc1C(CCc1ccccc1)NN. The number of hydrazine groups is 1. The van der Waals surface area contributed by atoms with E-state index in [1.54, 1.807) is 0 Å². The third-order valence-corrected chi connectivity index (χ3v) is 3.29. The fourth-order valence-electron chi connectivity index (χ4n) is 2.30. The third kappa shape index (κ3) is 3.66. The highest BCUT2D eigenvalue weighted by atomic mass is 15.3. The molecule has 4 nitrogen and oxygen atoms in total. The van der Waals surface area contributed by atoms with Gasteiger partial charge in [-0.15, -0.1) is 0 Å². The van der Waals surface area contributed by atoms with Gasteiger partial charge in [-0.3, -0.25) is 5.84 Å². The Labute approximate surface area is 114 Å². The molecule has 0 saturated heterocycles. The molecule has 1 heterocycles. The first-order valence-electron chi connectivity index (χ1n) is 6.86. The van der Waals surface area contributed by atoms with Crippen molar-refractivity contribution in [2.45, 2.75) is 38.8 Å². The number of nitrogens with one attached hydrogen (secondary N) is 1. The highest BCUT2D eigenvalue weighted by Crippen LogP contribution is 2.17. The number of aryl methyl sites for hydroxylation is 2. The third-order valence-electron chi connectivity index (χ3n) is 3.29. The summed E-state index contributed by atoms with van der Waals surface area (Å²) in [5, 5.41) is 0. The molecule has 0 fully saturated rings. The Morgan fingerprint density at radius 1 is 1.32 bits per heavy atom. The molecule has 0 amide bonds. The van der Waals surface area contributed by atoms with E-state index in [-0.39, 0.29) is 6.04 Å². The van der Waals surface area contributed by atoms with E-state index in [9.17, 15) is 0 Å². The maximum Gasteiger partial charge on any atom is 0.127 e. The molecule has 1 atom stereocenters. The number of hydrogen-bond acceptors (Lipinski definition) is 3. The van der Waals surface area contributed by atoms with Crippen molar-refractivity contribution in [1.82, 2.24) is 15.0 Å². The van der Waals surface area contributed by atoms with Gasteiger partial charge in [0.2, 0.25) is 0 Å². The van der Waals surface area contributed by atoms with Crippen molar-refractivity contribution in [3.63, 3.8) is 0 Å². The van der Waals surface area contributed by atoms with E-state index in [2.05, 4.69) is 46.2 Å². The molecular weight excluding hydrogens is 236 g/mol. The minimum atomic E-state index is 0.0988. The van der Waals surface area contributed by atoms with Crippen LogP contribution in [0.25, 0.3) is 0 Å². The van der Waals surface area contributed by atoms with Crippen molar-refractivity contribution in [3.05, 3.63) is 54.1 Å². The molecule has 2 aromatic rings. The molecule has 0 aliphatic rings. The second kappa shape index (κ2) is 7.07. The van der Waals surface area contributed by atoms with Crippen LogP contribution < -0.4 is 11.3 Å². The predicted octanol–water partition coefficient (Wildman–Crippen LogP) is 2.43. The lowest BCUT2D eigenvalue weighted by atomic mass is 10.1. The van der Waals surface area contributed by atoms with Crippen LogP contribution in [0.15, 0.2) is 42.7 Å². The van der Waals surface area contributed by atoms with Crippen LogP contribution in [0, 0.1) is 0 Å². The van der Waals surface area contributed by atoms with Crippen LogP contribution in [0.5, 0.6) is 0 Å². The zero-order valence-electron chi connectivity index (χ0n) is 11.4. The lowest BCUT2D eigenvalue weighted by Gasteiger charge is -2.17. The standard InChI is InChI=1S/C15H22N4/c1-2-11-19-12-10-17-15(19)14(18-16)9-8-13-6-4-3-5-7-13/h3-7,10,12,14,18H,2,8-9,11,16H2,1H3. The number of aromatic nitrogens is 2. The summed E-state index contributed by atoms with van der Waals surface area (Å²) >= 11 is 0. The number of hydrogen-bond donors (Lipinski definition) is 2. The molecule has 19 heavy (non-hydrogen) atoms. The average molecular weight is 258 g/mol. The van der Waals surface area contributed by atoms with E-state index < -0.39 is 0 Å². The number of benzene rings is 1.